The van der Waals surface area contributed by atoms with Gasteiger partial charge < -0.3 is 10.1 Å². The molecule has 0 saturated carbocycles. The van der Waals surface area contributed by atoms with Crippen LogP contribution >= 0.6 is 0 Å². The predicted octanol–water partition coefficient (Wildman–Crippen LogP) is 4.50. The van der Waals surface area contributed by atoms with Crippen LogP contribution in [0.3, 0.4) is 0 Å². The highest BCUT2D eigenvalue weighted by molar-refractivity contribution is 5.96. The molecule has 26 heavy (non-hydrogen) atoms. The Morgan fingerprint density at radius 2 is 1.92 bits per heavy atom. The van der Waals surface area contributed by atoms with Gasteiger partial charge in [-0.15, -0.1) is 0 Å². The average Bonchev–Trinajstić information content (AvgIpc) is 2.65. The maximum Gasteiger partial charge on any atom is 0.246 e. The van der Waals surface area contributed by atoms with Crippen LogP contribution in [0.25, 0.3) is 0 Å². The molecule has 2 atom stereocenters. The number of anilines is 1. The number of carbonyl (C=O) groups is 1. The maximum atomic E-state index is 13.3. The Labute approximate surface area is 156 Å². The fourth-order valence-electron chi connectivity index (χ4n) is 3.68. The second kappa shape index (κ2) is 8.86. The second-order valence-corrected chi connectivity index (χ2v) is 6.97. The van der Waals surface area contributed by atoms with Crippen molar-refractivity contribution in [2.24, 2.45) is 5.92 Å². The van der Waals surface area contributed by atoms with Crippen LogP contribution in [0.2, 0.25) is 0 Å². The van der Waals surface area contributed by atoms with E-state index in [1.165, 1.54) is 6.42 Å². The van der Waals surface area contributed by atoms with E-state index in [4.69, 9.17) is 4.74 Å². The van der Waals surface area contributed by atoms with Crippen LogP contribution in [-0.2, 0) is 4.79 Å². The summed E-state index contributed by atoms with van der Waals surface area (Å²) < 4.78 is 5.66. The average molecular weight is 352 g/mol. The van der Waals surface area contributed by atoms with Gasteiger partial charge in [-0.3, -0.25) is 9.69 Å². The van der Waals surface area contributed by atoms with E-state index < -0.39 is 0 Å². The molecule has 0 bridgehead atoms. The number of likely N-dealkylation sites (tertiary alicyclic amines) is 1. The highest BCUT2D eigenvalue weighted by Crippen LogP contribution is 2.30. The smallest absolute Gasteiger partial charge is 0.246 e. The van der Waals surface area contributed by atoms with Gasteiger partial charge in [0.05, 0.1) is 12.3 Å². The van der Waals surface area contributed by atoms with Gasteiger partial charge in [0.2, 0.25) is 5.91 Å². The van der Waals surface area contributed by atoms with Gasteiger partial charge in [-0.2, -0.15) is 0 Å². The molecule has 0 aliphatic carbocycles. The molecule has 1 aliphatic rings. The summed E-state index contributed by atoms with van der Waals surface area (Å²) in [5.41, 5.74) is 1.76. The Kier molecular flexibility index (Phi) is 6.29. The van der Waals surface area contributed by atoms with Crippen molar-refractivity contribution in [1.29, 1.82) is 0 Å². The molecule has 1 fully saturated rings. The molecule has 1 heterocycles. The minimum Gasteiger partial charge on any atom is -0.492 e. The third-order valence-corrected chi connectivity index (χ3v) is 4.86. The largest absolute Gasteiger partial charge is 0.492 e. The van der Waals surface area contributed by atoms with Crippen molar-refractivity contribution in [2.75, 3.05) is 25.0 Å². The van der Waals surface area contributed by atoms with Crippen LogP contribution < -0.4 is 10.1 Å². The Balaban J connectivity index is 1.86. The van der Waals surface area contributed by atoms with E-state index in [1.807, 2.05) is 61.5 Å². The lowest BCUT2D eigenvalue weighted by Gasteiger charge is -2.36. The van der Waals surface area contributed by atoms with Gasteiger partial charge in [0.25, 0.3) is 0 Å². The highest BCUT2D eigenvalue weighted by Gasteiger charge is 2.31. The predicted molar refractivity (Wildman–Crippen MR) is 105 cm³/mol. The number of benzene rings is 2. The number of nitrogens with zero attached hydrogens (tertiary/aromatic N) is 1. The number of amides is 1. The Morgan fingerprint density at radius 3 is 2.65 bits per heavy atom. The lowest BCUT2D eigenvalue weighted by molar-refractivity contribution is -0.122. The van der Waals surface area contributed by atoms with E-state index in [9.17, 15) is 4.79 Å². The summed E-state index contributed by atoms with van der Waals surface area (Å²) in [5, 5.41) is 3.10. The van der Waals surface area contributed by atoms with Crippen molar-refractivity contribution in [1.82, 2.24) is 4.90 Å². The van der Waals surface area contributed by atoms with Crippen molar-refractivity contribution in [3.63, 3.8) is 0 Å². The molecule has 1 amide bonds. The topological polar surface area (TPSA) is 41.6 Å². The zero-order chi connectivity index (χ0) is 18.4. The molecule has 1 saturated heterocycles. The van der Waals surface area contributed by atoms with Gasteiger partial charge in [-0.1, -0.05) is 49.4 Å². The molecule has 0 radical (unpaired) electrons. The van der Waals surface area contributed by atoms with Crippen LogP contribution in [-0.4, -0.2) is 30.5 Å². The fraction of sp³-hybridized carbons (Fsp3) is 0.409. The lowest BCUT2D eigenvalue weighted by atomic mass is 9.95. The van der Waals surface area contributed by atoms with Gasteiger partial charge in [0.1, 0.15) is 11.8 Å². The molecule has 1 aliphatic heterocycles. The summed E-state index contributed by atoms with van der Waals surface area (Å²) in [4.78, 5) is 15.6. The molecule has 2 aromatic rings. The van der Waals surface area contributed by atoms with Crippen molar-refractivity contribution >= 4 is 11.6 Å². The quantitative estimate of drug-likeness (QED) is 0.832. The number of hydrogen-bond acceptors (Lipinski definition) is 3. The first-order valence-electron chi connectivity index (χ1n) is 9.50. The first-order valence-corrected chi connectivity index (χ1v) is 9.50. The second-order valence-electron chi connectivity index (χ2n) is 6.97. The van der Waals surface area contributed by atoms with E-state index in [1.54, 1.807) is 0 Å². The maximum absolute atomic E-state index is 13.3. The summed E-state index contributed by atoms with van der Waals surface area (Å²) >= 11 is 0. The number of ether oxygens (including phenoxy) is 1. The first kappa shape index (κ1) is 18.5. The van der Waals surface area contributed by atoms with Crippen LogP contribution in [0.1, 0.15) is 38.3 Å². The number of nitrogens with one attached hydrogen (secondary N) is 1. The zero-order valence-electron chi connectivity index (χ0n) is 15.7. The summed E-state index contributed by atoms with van der Waals surface area (Å²) in [6.07, 6.45) is 2.36. The van der Waals surface area contributed by atoms with E-state index >= 15 is 0 Å². The molecule has 0 spiro atoms. The zero-order valence-corrected chi connectivity index (χ0v) is 15.7. The van der Waals surface area contributed by atoms with Crippen LogP contribution in [0.5, 0.6) is 5.75 Å². The van der Waals surface area contributed by atoms with Crippen molar-refractivity contribution in [3.8, 4) is 5.75 Å². The minimum atomic E-state index is -0.284. The molecule has 1 N–H and O–H groups in total. The molecule has 0 aromatic heterocycles. The standard InChI is InChI=1S/C22H28N2O2/c1-3-26-20-14-8-7-13-19(20)23-22(25)21(18-11-5-4-6-12-18)24-15-9-10-17(2)16-24/h4-8,11-14,17,21H,3,9-10,15-16H2,1-2H3,(H,23,25). The van der Waals surface area contributed by atoms with Crippen LogP contribution in [0.15, 0.2) is 54.6 Å². The summed E-state index contributed by atoms with van der Waals surface area (Å²) in [5.74, 6) is 1.32. The fourth-order valence-corrected chi connectivity index (χ4v) is 3.68. The number of para-hydroxylation sites is 2. The molecule has 3 rings (SSSR count). The first-order chi connectivity index (χ1) is 12.7. The summed E-state index contributed by atoms with van der Waals surface area (Å²) in [6.45, 7) is 6.67. The third kappa shape index (κ3) is 4.44. The Morgan fingerprint density at radius 1 is 1.19 bits per heavy atom. The van der Waals surface area contributed by atoms with Gasteiger partial charge in [0, 0.05) is 6.54 Å². The monoisotopic (exact) mass is 352 g/mol. The highest BCUT2D eigenvalue weighted by atomic mass is 16.5. The van der Waals surface area contributed by atoms with Gasteiger partial charge in [-0.05, 0) is 49.9 Å². The summed E-state index contributed by atoms with van der Waals surface area (Å²) in [6, 6.07) is 17.4. The van der Waals surface area contributed by atoms with Gasteiger partial charge in [-0.25, -0.2) is 0 Å². The van der Waals surface area contributed by atoms with E-state index in [0.29, 0.717) is 18.3 Å². The van der Waals surface area contributed by atoms with Crippen LogP contribution in [0, 0.1) is 5.92 Å². The van der Waals surface area contributed by atoms with Crippen molar-refractivity contribution in [2.45, 2.75) is 32.7 Å². The normalized spacial score (nSPS) is 18.9. The molecule has 2 aromatic carbocycles. The van der Waals surface area contributed by atoms with Crippen molar-refractivity contribution < 1.29 is 9.53 Å². The number of hydrogen-bond donors (Lipinski definition) is 1. The lowest BCUT2D eigenvalue weighted by Crippen LogP contribution is -2.42. The molecule has 4 nitrogen and oxygen atoms in total. The van der Waals surface area contributed by atoms with Gasteiger partial charge in [0.15, 0.2) is 0 Å². The van der Waals surface area contributed by atoms with Gasteiger partial charge >= 0.3 is 0 Å². The summed E-state index contributed by atoms with van der Waals surface area (Å²) in [7, 11) is 0. The van der Waals surface area contributed by atoms with Crippen molar-refractivity contribution in [3.05, 3.63) is 60.2 Å². The SMILES string of the molecule is CCOc1ccccc1NC(=O)C(c1ccccc1)N1CCCC(C)C1. The molecular formula is C22H28N2O2. The minimum absolute atomic E-state index is 0.00236. The Hall–Kier alpha value is -2.33. The van der Waals surface area contributed by atoms with E-state index in [0.717, 1.165) is 30.8 Å². The third-order valence-electron chi connectivity index (χ3n) is 4.86. The molecular weight excluding hydrogens is 324 g/mol. The Bertz CT molecular complexity index is 717. The molecule has 138 valence electrons. The number of carbonyl (C=O) groups excluding carboxylic acids is 1. The van der Waals surface area contributed by atoms with E-state index in [2.05, 4.69) is 17.1 Å². The molecule has 4 heteroatoms. The van der Waals surface area contributed by atoms with Crippen LogP contribution in [0.4, 0.5) is 5.69 Å². The van der Waals surface area contributed by atoms with E-state index in [-0.39, 0.29) is 11.9 Å². The molecule has 2 unspecified atom stereocenters. The number of rotatable bonds is 6. The number of piperidine rings is 1.